The van der Waals surface area contributed by atoms with Crippen molar-refractivity contribution in [2.45, 2.75) is 25.1 Å². The molecule has 1 aliphatic heterocycles. The van der Waals surface area contributed by atoms with Crippen LogP contribution >= 0.6 is 11.6 Å². The average Bonchev–Trinajstić information content (AvgIpc) is 2.83. The Hall–Kier alpha value is -1.27. The Morgan fingerprint density at radius 2 is 2.16 bits per heavy atom. The number of benzene rings is 1. The molecule has 0 bridgehead atoms. The van der Waals surface area contributed by atoms with E-state index >= 15 is 0 Å². The highest BCUT2D eigenvalue weighted by Gasteiger charge is 2.35. The standard InChI is InChI=1S/C12H12ClF3N2O/c13-8-4-1-3-7(12(14,15)16)10(8)18-11(19)9-5-2-6-17-9/h1,3-4,9,17H,2,5-6H2,(H,18,19)/t9-/m0/s1. The molecule has 2 N–H and O–H groups in total. The highest BCUT2D eigenvalue weighted by Crippen LogP contribution is 2.38. The molecule has 0 unspecified atom stereocenters. The molecule has 1 saturated heterocycles. The van der Waals surface area contributed by atoms with Gasteiger partial charge >= 0.3 is 6.18 Å². The fourth-order valence-electron chi connectivity index (χ4n) is 2.01. The number of nitrogens with one attached hydrogen (secondary N) is 2. The molecule has 104 valence electrons. The van der Waals surface area contributed by atoms with Gasteiger partial charge in [-0.15, -0.1) is 0 Å². The lowest BCUT2D eigenvalue weighted by Crippen LogP contribution is -2.36. The Labute approximate surface area is 113 Å². The van der Waals surface area contributed by atoms with Gasteiger partial charge in [-0.05, 0) is 31.5 Å². The molecule has 0 aliphatic carbocycles. The van der Waals surface area contributed by atoms with Crippen molar-refractivity contribution in [1.29, 1.82) is 0 Å². The zero-order valence-electron chi connectivity index (χ0n) is 9.85. The molecule has 1 heterocycles. The van der Waals surface area contributed by atoms with E-state index in [0.29, 0.717) is 13.0 Å². The quantitative estimate of drug-likeness (QED) is 0.879. The van der Waals surface area contributed by atoms with Crippen LogP contribution < -0.4 is 10.6 Å². The molecule has 1 amide bonds. The van der Waals surface area contributed by atoms with Crippen molar-refractivity contribution >= 4 is 23.2 Å². The highest BCUT2D eigenvalue weighted by atomic mass is 35.5. The van der Waals surface area contributed by atoms with Gasteiger partial charge in [0, 0.05) is 0 Å². The fourth-order valence-corrected chi connectivity index (χ4v) is 2.23. The molecule has 1 fully saturated rings. The van der Waals surface area contributed by atoms with Gasteiger partial charge in [0.15, 0.2) is 0 Å². The Morgan fingerprint density at radius 1 is 1.42 bits per heavy atom. The summed E-state index contributed by atoms with van der Waals surface area (Å²) in [5.41, 5.74) is -1.32. The highest BCUT2D eigenvalue weighted by molar-refractivity contribution is 6.34. The number of hydrogen-bond donors (Lipinski definition) is 2. The number of para-hydroxylation sites is 1. The molecule has 2 rings (SSSR count). The van der Waals surface area contributed by atoms with E-state index < -0.39 is 23.7 Å². The van der Waals surface area contributed by atoms with Crippen molar-refractivity contribution in [2.24, 2.45) is 0 Å². The second kappa shape index (κ2) is 5.38. The van der Waals surface area contributed by atoms with Gasteiger partial charge in [-0.2, -0.15) is 13.2 Å². The first-order valence-corrected chi connectivity index (χ1v) is 6.17. The third-order valence-electron chi connectivity index (χ3n) is 2.94. The Balaban J connectivity index is 2.26. The van der Waals surface area contributed by atoms with E-state index in [0.717, 1.165) is 12.5 Å². The average molecular weight is 293 g/mol. The fraction of sp³-hybridized carbons (Fsp3) is 0.417. The van der Waals surface area contributed by atoms with Crippen LogP contribution in [0.15, 0.2) is 18.2 Å². The van der Waals surface area contributed by atoms with Gasteiger partial charge in [0.25, 0.3) is 0 Å². The van der Waals surface area contributed by atoms with E-state index in [1.54, 1.807) is 0 Å². The van der Waals surface area contributed by atoms with Crippen LogP contribution in [0, 0.1) is 0 Å². The van der Waals surface area contributed by atoms with Gasteiger partial charge in [0.1, 0.15) is 0 Å². The number of alkyl halides is 3. The summed E-state index contributed by atoms with van der Waals surface area (Å²) in [6.45, 7) is 0.687. The van der Waals surface area contributed by atoms with Crippen LogP contribution in [-0.4, -0.2) is 18.5 Å². The molecule has 3 nitrogen and oxygen atoms in total. The number of anilines is 1. The van der Waals surface area contributed by atoms with E-state index in [1.807, 2.05) is 0 Å². The van der Waals surface area contributed by atoms with Crippen LogP contribution in [0.4, 0.5) is 18.9 Å². The van der Waals surface area contributed by atoms with E-state index in [4.69, 9.17) is 11.6 Å². The molecular weight excluding hydrogens is 281 g/mol. The van der Waals surface area contributed by atoms with Gasteiger partial charge in [-0.1, -0.05) is 17.7 Å². The smallest absolute Gasteiger partial charge is 0.323 e. The van der Waals surface area contributed by atoms with Crippen LogP contribution in [0.3, 0.4) is 0 Å². The summed E-state index contributed by atoms with van der Waals surface area (Å²) in [7, 11) is 0. The van der Waals surface area contributed by atoms with Gasteiger partial charge in [0.05, 0.1) is 22.3 Å². The zero-order valence-corrected chi connectivity index (χ0v) is 10.6. The summed E-state index contributed by atoms with van der Waals surface area (Å²) >= 11 is 5.75. The predicted molar refractivity (Wildman–Crippen MR) is 66.1 cm³/mol. The molecular formula is C12H12ClF3N2O. The van der Waals surface area contributed by atoms with E-state index in [2.05, 4.69) is 10.6 Å². The monoisotopic (exact) mass is 292 g/mol. The van der Waals surface area contributed by atoms with Crippen molar-refractivity contribution < 1.29 is 18.0 Å². The summed E-state index contributed by atoms with van der Waals surface area (Å²) in [5, 5.41) is 5.07. The minimum Gasteiger partial charge on any atom is -0.323 e. The first kappa shape index (κ1) is 14.1. The number of rotatable bonds is 2. The molecule has 7 heteroatoms. The summed E-state index contributed by atoms with van der Waals surface area (Å²) in [4.78, 5) is 11.8. The molecule has 1 aromatic rings. The largest absolute Gasteiger partial charge is 0.418 e. The maximum absolute atomic E-state index is 12.8. The third kappa shape index (κ3) is 3.19. The molecule has 0 spiro atoms. The molecule has 1 atom stereocenters. The van der Waals surface area contributed by atoms with Crippen molar-refractivity contribution in [2.75, 3.05) is 11.9 Å². The molecule has 19 heavy (non-hydrogen) atoms. The maximum atomic E-state index is 12.8. The van der Waals surface area contributed by atoms with Gasteiger partial charge in [-0.25, -0.2) is 0 Å². The summed E-state index contributed by atoms with van der Waals surface area (Å²) in [6.07, 6.45) is -3.12. The first-order valence-electron chi connectivity index (χ1n) is 5.79. The summed E-state index contributed by atoms with van der Waals surface area (Å²) in [5.74, 6) is -0.490. The molecule has 0 saturated carbocycles. The number of carbonyl (C=O) groups excluding carboxylic acids is 1. The normalized spacial score (nSPS) is 19.5. The maximum Gasteiger partial charge on any atom is 0.418 e. The van der Waals surface area contributed by atoms with Gasteiger partial charge in [0.2, 0.25) is 5.91 Å². The first-order chi connectivity index (χ1) is 8.89. The van der Waals surface area contributed by atoms with E-state index in [9.17, 15) is 18.0 Å². The van der Waals surface area contributed by atoms with E-state index in [-0.39, 0.29) is 10.7 Å². The Morgan fingerprint density at radius 3 is 2.74 bits per heavy atom. The minimum atomic E-state index is -4.56. The third-order valence-corrected chi connectivity index (χ3v) is 3.26. The second-order valence-electron chi connectivity index (χ2n) is 4.30. The second-order valence-corrected chi connectivity index (χ2v) is 4.71. The van der Waals surface area contributed by atoms with Crippen molar-refractivity contribution in [3.63, 3.8) is 0 Å². The van der Waals surface area contributed by atoms with E-state index in [1.165, 1.54) is 12.1 Å². The lowest BCUT2D eigenvalue weighted by atomic mass is 10.1. The summed E-state index contributed by atoms with van der Waals surface area (Å²) < 4.78 is 38.5. The number of carbonyl (C=O) groups is 1. The molecule has 0 radical (unpaired) electrons. The van der Waals surface area contributed by atoms with Gasteiger partial charge < -0.3 is 10.6 Å². The lowest BCUT2D eigenvalue weighted by Gasteiger charge is -2.17. The minimum absolute atomic E-state index is 0.124. The number of hydrogen-bond acceptors (Lipinski definition) is 2. The zero-order chi connectivity index (χ0) is 14.0. The van der Waals surface area contributed by atoms with Crippen LogP contribution in [0.25, 0.3) is 0 Å². The number of amides is 1. The molecule has 0 aromatic heterocycles. The Kier molecular flexibility index (Phi) is 4.01. The Bertz CT molecular complexity index is 484. The molecule has 1 aliphatic rings. The number of halogens is 4. The lowest BCUT2D eigenvalue weighted by molar-refractivity contribution is -0.137. The van der Waals surface area contributed by atoms with Crippen LogP contribution in [-0.2, 0) is 11.0 Å². The van der Waals surface area contributed by atoms with Crippen LogP contribution in [0.1, 0.15) is 18.4 Å². The van der Waals surface area contributed by atoms with Crippen molar-refractivity contribution in [3.05, 3.63) is 28.8 Å². The van der Waals surface area contributed by atoms with Gasteiger partial charge in [-0.3, -0.25) is 4.79 Å². The SMILES string of the molecule is O=C(Nc1c(Cl)cccc1C(F)(F)F)[C@@H]1CCCN1. The van der Waals surface area contributed by atoms with Crippen LogP contribution in [0.2, 0.25) is 5.02 Å². The summed E-state index contributed by atoms with van der Waals surface area (Å²) in [6, 6.07) is 2.95. The van der Waals surface area contributed by atoms with Crippen molar-refractivity contribution in [3.8, 4) is 0 Å². The predicted octanol–water partition coefficient (Wildman–Crippen LogP) is 3.05. The topological polar surface area (TPSA) is 41.1 Å². The molecule has 1 aromatic carbocycles. The van der Waals surface area contributed by atoms with Crippen molar-refractivity contribution in [1.82, 2.24) is 5.32 Å². The van der Waals surface area contributed by atoms with Crippen LogP contribution in [0.5, 0.6) is 0 Å².